The SMILES string of the molecule is COc1ccc2nc(SCc3ccnc(CN)c3)[nH]c2c1. The Hall–Kier alpha value is -2.05. The summed E-state index contributed by atoms with van der Waals surface area (Å²) in [6, 6.07) is 9.84. The number of fused-ring (bicyclic) bond motifs is 1. The van der Waals surface area contributed by atoms with Crippen LogP contribution in [0.3, 0.4) is 0 Å². The summed E-state index contributed by atoms with van der Waals surface area (Å²) in [7, 11) is 1.66. The molecule has 6 heteroatoms. The van der Waals surface area contributed by atoms with Gasteiger partial charge in [0.05, 0.1) is 23.8 Å². The van der Waals surface area contributed by atoms with Gasteiger partial charge in [-0.1, -0.05) is 11.8 Å². The fraction of sp³-hybridized carbons (Fsp3) is 0.200. The zero-order valence-corrected chi connectivity index (χ0v) is 12.5. The smallest absolute Gasteiger partial charge is 0.166 e. The lowest BCUT2D eigenvalue weighted by atomic mass is 10.2. The molecule has 0 atom stereocenters. The highest BCUT2D eigenvalue weighted by Crippen LogP contribution is 2.25. The van der Waals surface area contributed by atoms with Gasteiger partial charge in [0.25, 0.3) is 0 Å². The molecule has 0 spiro atoms. The van der Waals surface area contributed by atoms with Gasteiger partial charge in [0.15, 0.2) is 5.16 Å². The van der Waals surface area contributed by atoms with Crippen molar-refractivity contribution in [1.29, 1.82) is 0 Å². The Morgan fingerprint density at radius 2 is 2.19 bits per heavy atom. The monoisotopic (exact) mass is 300 g/mol. The first-order valence-corrected chi connectivity index (χ1v) is 7.57. The first-order valence-electron chi connectivity index (χ1n) is 6.59. The van der Waals surface area contributed by atoms with Crippen molar-refractivity contribution < 1.29 is 4.74 Å². The van der Waals surface area contributed by atoms with Gasteiger partial charge in [0.1, 0.15) is 5.75 Å². The number of imidazole rings is 1. The minimum atomic E-state index is 0.461. The number of rotatable bonds is 5. The van der Waals surface area contributed by atoms with Crippen molar-refractivity contribution in [3.63, 3.8) is 0 Å². The van der Waals surface area contributed by atoms with Gasteiger partial charge >= 0.3 is 0 Å². The number of pyridine rings is 1. The van der Waals surface area contributed by atoms with Gasteiger partial charge in [-0.25, -0.2) is 4.98 Å². The fourth-order valence-corrected chi connectivity index (χ4v) is 2.87. The third kappa shape index (κ3) is 3.17. The van der Waals surface area contributed by atoms with E-state index < -0.39 is 0 Å². The maximum atomic E-state index is 5.60. The van der Waals surface area contributed by atoms with E-state index in [2.05, 4.69) is 15.0 Å². The summed E-state index contributed by atoms with van der Waals surface area (Å²) >= 11 is 1.66. The van der Waals surface area contributed by atoms with Crippen LogP contribution in [0.4, 0.5) is 0 Å². The molecule has 5 nitrogen and oxygen atoms in total. The minimum Gasteiger partial charge on any atom is -0.497 e. The lowest BCUT2D eigenvalue weighted by Gasteiger charge is -2.01. The number of thioether (sulfide) groups is 1. The van der Waals surface area contributed by atoms with Crippen molar-refractivity contribution in [2.45, 2.75) is 17.5 Å². The van der Waals surface area contributed by atoms with Crippen molar-refractivity contribution >= 4 is 22.8 Å². The van der Waals surface area contributed by atoms with E-state index in [0.29, 0.717) is 6.54 Å². The zero-order valence-electron chi connectivity index (χ0n) is 11.7. The highest BCUT2D eigenvalue weighted by molar-refractivity contribution is 7.98. The lowest BCUT2D eigenvalue weighted by molar-refractivity contribution is 0.415. The van der Waals surface area contributed by atoms with Gasteiger partial charge in [-0.2, -0.15) is 0 Å². The fourth-order valence-electron chi connectivity index (χ4n) is 2.04. The van der Waals surface area contributed by atoms with Gasteiger partial charge in [-0.05, 0) is 29.8 Å². The van der Waals surface area contributed by atoms with E-state index in [-0.39, 0.29) is 0 Å². The molecule has 1 aromatic carbocycles. The molecule has 3 aromatic rings. The summed E-state index contributed by atoms with van der Waals surface area (Å²) in [5, 5.41) is 0.893. The number of aromatic amines is 1. The number of nitrogens with two attached hydrogens (primary N) is 1. The number of hydrogen-bond acceptors (Lipinski definition) is 5. The van der Waals surface area contributed by atoms with E-state index in [4.69, 9.17) is 10.5 Å². The molecule has 0 bridgehead atoms. The number of H-pyrrole nitrogens is 1. The predicted molar refractivity (Wildman–Crippen MR) is 84.3 cm³/mol. The highest BCUT2D eigenvalue weighted by atomic mass is 32.2. The Morgan fingerprint density at radius 3 is 3.00 bits per heavy atom. The van der Waals surface area contributed by atoms with Crippen molar-refractivity contribution in [3.8, 4) is 5.75 Å². The van der Waals surface area contributed by atoms with Gasteiger partial charge in [-0.3, -0.25) is 4.98 Å². The van der Waals surface area contributed by atoms with Crippen LogP contribution in [0.15, 0.2) is 41.7 Å². The molecule has 3 rings (SSSR count). The molecule has 2 aromatic heterocycles. The molecule has 0 saturated carbocycles. The van der Waals surface area contributed by atoms with E-state index in [0.717, 1.165) is 33.4 Å². The van der Waals surface area contributed by atoms with Gasteiger partial charge in [0.2, 0.25) is 0 Å². The number of hydrogen-bond donors (Lipinski definition) is 2. The van der Waals surface area contributed by atoms with Crippen LogP contribution < -0.4 is 10.5 Å². The van der Waals surface area contributed by atoms with Gasteiger partial charge in [0, 0.05) is 24.6 Å². The number of aromatic nitrogens is 3. The second kappa shape index (κ2) is 6.15. The summed E-state index contributed by atoms with van der Waals surface area (Å²) in [6.45, 7) is 0.461. The molecule has 0 aliphatic heterocycles. The lowest BCUT2D eigenvalue weighted by Crippen LogP contribution is -1.99. The molecule has 0 aliphatic rings. The molecule has 0 aliphatic carbocycles. The van der Waals surface area contributed by atoms with E-state index >= 15 is 0 Å². The Bertz CT molecular complexity index is 756. The van der Waals surface area contributed by atoms with Crippen molar-refractivity contribution in [2.24, 2.45) is 5.73 Å². The van der Waals surface area contributed by atoms with Crippen LogP contribution in [0.25, 0.3) is 11.0 Å². The molecule has 3 N–H and O–H groups in total. The molecule has 0 unspecified atom stereocenters. The van der Waals surface area contributed by atoms with Crippen molar-refractivity contribution in [1.82, 2.24) is 15.0 Å². The van der Waals surface area contributed by atoms with E-state index in [1.165, 1.54) is 5.56 Å². The van der Waals surface area contributed by atoms with E-state index in [9.17, 15) is 0 Å². The zero-order chi connectivity index (χ0) is 14.7. The highest BCUT2D eigenvalue weighted by Gasteiger charge is 2.05. The Balaban J connectivity index is 1.75. The molecular weight excluding hydrogens is 284 g/mol. The second-order valence-electron chi connectivity index (χ2n) is 4.57. The predicted octanol–water partition coefficient (Wildman–Crippen LogP) is 2.72. The molecule has 0 amide bonds. The average molecular weight is 300 g/mol. The molecule has 21 heavy (non-hydrogen) atoms. The topological polar surface area (TPSA) is 76.8 Å². The van der Waals surface area contributed by atoms with Crippen molar-refractivity contribution in [3.05, 3.63) is 47.8 Å². The summed E-state index contributed by atoms with van der Waals surface area (Å²) in [5.41, 5.74) is 9.62. The Labute approximate surface area is 126 Å². The summed E-state index contributed by atoms with van der Waals surface area (Å²) in [4.78, 5) is 12.1. The van der Waals surface area contributed by atoms with E-state index in [1.807, 2.05) is 30.3 Å². The number of benzene rings is 1. The Kier molecular flexibility index (Phi) is 4.08. The second-order valence-corrected chi connectivity index (χ2v) is 5.54. The molecule has 0 radical (unpaired) electrons. The van der Waals surface area contributed by atoms with Crippen LogP contribution in [-0.4, -0.2) is 22.1 Å². The number of methoxy groups -OCH3 is 1. The quantitative estimate of drug-likeness (QED) is 0.708. The normalized spacial score (nSPS) is 11.0. The van der Waals surface area contributed by atoms with Crippen LogP contribution in [0, 0.1) is 0 Å². The van der Waals surface area contributed by atoms with Crippen LogP contribution in [0.1, 0.15) is 11.3 Å². The maximum Gasteiger partial charge on any atom is 0.166 e. The van der Waals surface area contributed by atoms with Crippen LogP contribution in [0.2, 0.25) is 0 Å². The Morgan fingerprint density at radius 1 is 1.29 bits per heavy atom. The van der Waals surface area contributed by atoms with Crippen LogP contribution >= 0.6 is 11.8 Å². The largest absolute Gasteiger partial charge is 0.497 e. The van der Waals surface area contributed by atoms with Crippen molar-refractivity contribution in [2.75, 3.05) is 7.11 Å². The molecule has 2 heterocycles. The summed E-state index contributed by atoms with van der Waals surface area (Å²) < 4.78 is 5.21. The third-order valence-electron chi connectivity index (χ3n) is 3.13. The molecule has 108 valence electrons. The standard InChI is InChI=1S/C15H16N4OS/c1-20-12-2-3-13-14(7-12)19-15(18-13)21-9-10-4-5-17-11(6-10)8-16/h2-7H,8-9,16H2,1H3,(H,18,19). The van der Waals surface area contributed by atoms with Gasteiger partial charge < -0.3 is 15.5 Å². The number of nitrogens with one attached hydrogen (secondary N) is 1. The molecule has 0 fully saturated rings. The summed E-state index contributed by atoms with van der Waals surface area (Å²) in [5.74, 6) is 1.65. The average Bonchev–Trinajstić information content (AvgIpc) is 2.95. The molecular formula is C15H16N4OS. The number of ether oxygens (including phenoxy) is 1. The first-order chi connectivity index (χ1) is 10.3. The number of nitrogens with zero attached hydrogens (tertiary/aromatic N) is 2. The summed E-state index contributed by atoms with van der Waals surface area (Å²) in [6.07, 6.45) is 1.79. The molecule has 0 saturated heterocycles. The van der Waals surface area contributed by atoms with Crippen LogP contribution in [0.5, 0.6) is 5.75 Å². The van der Waals surface area contributed by atoms with E-state index in [1.54, 1.807) is 25.1 Å². The minimum absolute atomic E-state index is 0.461. The third-order valence-corrected chi connectivity index (χ3v) is 4.08. The first kappa shape index (κ1) is 13.9. The van der Waals surface area contributed by atoms with Gasteiger partial charge in [-0.15, -0.1) is 0 Å². The van der Waals surface area contributed by atoms with Crippen LogP contribution in [-0.2, 0) is 12.3 Å². The maximum absolute atomic E-state index is 5.60.